The fourth-order valence-electron chi connectivity index (χ4n) is 1.79. The summed E-state index contributed by atoms with van der Waals surface area (Å²) in [5.41, 5.74) is 7.94. The van der Waals surface area contributed by atoms with Gasteiger partial charge in [-0.2, -0.15) is 0 Å². The summed E-state index contributed by atoms with van der Waals surface area (Å²) in [4.78, 5) is 4.38. The van der Waals surface area contributed by atoms with Crippen LogP contribution in [0.4, 0.5) is 0 Å². The largest absolute Gasteiger partial charge is 0.333 e. The zero-order valence-electron chi connectivity index (χ0n) is 8.40. The van der Waals surface area contributed by atoms with Crippen LogP contribution in [0.5, 0.6) is 0 Å². The van der Waals surface area contributed by atoms with E-state index in [9.17, 15) is 0 Å². The Bertz CT molecular complexity index is 431. The molecule has 0 amide bonds. The Labute approximate surface area is 83.6 Å². The first-order valence-corrected chi connectivity index (χ1v) is 4.99. The minimum Gasteiger partial charge on any atom is -0.333 e. The SMILES string of the molecule is CCn1cc(CCN)c2cccnc21. The summed E-state index contributed by atoms with van der Waals surface area (Å²) in [6, 6.07) is 4.09. The van der Waals surface area contributed by atoms with Crippen molar-refractivity contribution < 1.29 is 0 Å². The summed E-state index contributed by atoms with van der Waals surface area (Å²) in [5.74, 6) is 0. The molecular weight excluding hydrogens is 174 g/mol. The van der Waals surface area contributed by atoms with Gasteiger partial charge in [-0.1, -0.05) is 0 Å². The average Bonchev–Trinajstić information content (AvgIpc) is 2.58. The molecule has 0 bridgehead atoms. The summed E-state index contributed by atoms with van der Waals surface area (Å²) in [6.07, 6.45) is 4.92. The van der Waals surface area contributed by atoms with E-state index in [1.807, 2.05) is 12.3 Å². The summed E-state index contributed by atoms with van der Waals surface area (Å²) in [7, 11) is 0. The highest BCUT2D eigenvalue weighted by Gasteiger charge is 2.06. The van der Waals surface area contributed by atoms with Crippen LogP contribution in [0, 0.1) is 0 Å². The number of aryl methyl sites for hydroxylation is 1. The van der Waals surface area contributed by atoms with E-state index in [-0.39, 0.29) is 0 Å². The van der Waals surface area contributed by atoms with Crippen molar-refractivity contribution in [2.24, 2.45) is 5.73 Å². The first kappa shape index (κ1) is 9.21. The second kappa shape index (κ2) is 3.80. The lowest BCUT2D eigenvalue weighted by molar-refractivity contribution is 0.781. The molecule has 0 saturated carbocycles. The van der Waals surface area contributed by atoms with Gasteiger partial charge in [-0.25, -0.2) is 4.98 Å². The van der Waals surface area contributed by atoms with Gasteiger partial charge >= 0.3 is 0 Å². The summed E-state index contributed by atoms with van der Waals surface area (Å²) < 4.78 is 2.17. The second-order valence-electron chi connectivity index (χ2n) is 3.35. The Morgan fingerprint density at radius 3 is 3.07 bits per heavy atom. The Hall–Kier alpha value is -1.35. The quantitative estimate of drug-likeness (QED) is 0.796. The fraction of sp³-hybridized carbons (Fsp3) is 0.364. The van der Waals surface area contributed by atoms with Crippen LogP contribution in [-0.2, 0) is 13.0 Å². The van der Waals surface area contributed by atoms with E-state index in [2.05, 4.69) is 28.7 Å². The molecule has 2 heterocycles. The van der Waals surface area contributed by atoms with Crippen molar-refractivity contribution in [3.05, 3.63) is 30.1 Å². The number of pyridine rings is 1. The summed E-state index contributed by atoms with van der Waals surface area (Å²) in [5, 5.41) is 1.24. The van der Waals surface area contributed by atoms with E-state index in [0.29, 0.717) is 6.54 Å². The average molecular weight is 189 g/mol. The van der Waals surface area contributed by atoms with Crippen molar-refractivity contribution in [1.29, 1.82) is 0 Å². The number of hydrogen-bond donors (Lipinski definition) is 1. The molecule has 14 heavy (non-hydrogen) atoms. The number of hydrogen-bond acceptors (Lipinski definition) is 2. The molecular formula is C11H15N3. The Kier molecular flexibility index (Phi) is 2.50. The zero-order valence-corrected chi connectivity index (χ0v) is 8.40. The Morgan fingerprint density at radius 1 is 1.50 bits per heavy atom. The highest BCUT2D eigenvalue weighted by Crippen LogP contribution is 2.19. The molecule has 3 nitrogen and oxygen atoms in total. The molecule has 0 saturated heterocycles. The molecule has 2 N–H and O–H groups in total. The van der Waals surface area contributed by atoms with Gasteiger partial charge in [0.2, 0.25) is 0 Å². The predicted octanol–water partition coefficient (Wildman–Crippen LogP) is 1.56. The molecule has 0 aromatic carbocycles. The van der Waals surface area contributed by atoms with Crippen LogP contribution < -0.4 is 5.73 Å². The molecule has 74 valence electrons. The molecule has 0 aliphatic rings. The van der Waals surface area contributed by atoms with Crippen LogP contribution in [0.2, 0.25) is 0 Å². The Balaban J connectivity index is 2.61. The van der Waals surface area contributed by atoms with Gasteiger partial charge in [0, 0.05) is 24.3 Å². The van der Waals surface area contributed by atoms with Crippen LogP contribution >= 0.6 is 0 Å². The van der Waals surface area contributed by atoms with Crippen LogP contribution in [0.1, 0.15) is 12.5 Å². The second-order valence-corrected chi connectivity index (χ2v) is 3.35. The molecule has 0 spiro atoms. The maximum absolute atomic E-state index is 5.57. The Morgan fingerprint density at radius 2 is 2.36 bits per heavy atom. The first-order valence-electron chi connectivity index (χ1n) is 4.99. The maximum Gasteiger partial charge on any atom is 0.140 e. The molecule has 2 rings (SSSR count). The van der Waals surface area contributed by atoms with Gasteiger partial charge in [0.05, 0.1) is 0 Å². The van der Waals surface area contributed by atoms with Crippen molar-refractivity contribution in [1.82, 2.24) is 9.55 Å². The maximum atomic E-state index is 5.57. The van der Waals surface area contributed by atoms with Crippen molar-refractivity contribution in [3.63, 3.8) is 0 Å². The number of aromatic nitrogens is 2. The number of nitrogens with two attached hydrogens (primary N) is 1. The molecule has 2 aromatic rings. The molecule has 2 aromatic heterocycles. The zero-order chi connectivity index (χ0) is 9.97. The fourth-order valence-corrected chi connectivity index (χ4v) is 1.79. The lowest BCUT2D eigenvalue weighted by Crippen LogP contribution is -2.02. The third kappa shape index (κ3) is 1.40. The van der Waals surface area contributed by atoms with E-state index >= 15 is 0 Å². The van der Waals surface area contributed by atoms with E-state index in [0.717, 1.165) is 18.6 Å². The predicted molar refractivity (Wildman–Crippen MR) is 58.2 cm³/mol. The van der Waals surface area contributed by atoms with Gasteiger partial charge in [0.1, 0.15) is 5.65 Å². The molecule has 0 fully saturated rings. The first-order chi connectivity index (χ1) is 6.86. The minimum absolute atomic E-state index is 0.692. The van der Waals surface area contributed by atoms with Crippen LogP contribution in [0.25, 0.3) is 11.0 Å². The normalized spacial score (nSPS) is 11.0. The van der Waals surface area contributed by atoms with Crippen molar-refractivity contribution in [2.75, 3.05) is 6.54 Å². The van der Waals surface area contributed by atoms with E-state index in [4.69, 9.17) is 5.73 Å². The molecule has 0 atom stereocenters. The third-order valence-corrected chi connectivity index (χ3v) is 2.47. The molecule has 0 aliphatic carbocycles. The van der Waals surface area contributed by atoms with E-state index in [1.54, 1.807) is 0 Å². The van der Waals surface area contributed by atoms with Gasteiger partial charge in [0.25, 0.3) is 0 Å². The summed E-state index contributed by atoms with van der Waals surface area (Å²) >= 11 is 0. The van der Waals surface area contributed by atoms with Crippen LogP contribution in [-0.4, -0.2) is 16.1 Å². The standard InChI is InChI=1S/C11H15N3/c1-2-14-8-9(5-6-12)10-4-3-7-13-11(10)14/h3-4,7-8H,2,5-6,12H2,1H3. The molecule has 0 unspecified atom stereocenters. The smallest absolute Gasteiger partial charge is 0.140 e. The highest BCUT2D eigenvalue weighted by molar-refractivity contribution is 5.80. The third-order valence-electron chi connectivity index (χ3n) is 2.47. The van der Waals surface area contributed by atoms with E-state index in [1.165, 1.54) is 10.9 Å². The topological polar surface area (TPSA) is 43.8 Å². The molecule has 0 aliphatic heterocycles. The van der Waals surface area contributed by atoms with Crippen LogP contribution in [0.15, 0.2) is 24.5 Å². The van der Waals surface area contributed by atoms with Crippen molar-refractivity contribution >= 4 is 11.0 Å². The molecule has 0 radical (unpaired) electrons. The summed E-state index contributed by atoms with van der Waals surface area (Å²) in [6.45, 7) is 3.77. The van der Waals surface area contributed by atoms with Gasteiger partial charge in [-0.3, -0.25) is 0 Å². The lowest BCUT2D eigenvalue weighted by atomic mass is 10.2. The highest BCUT2D eigenvalue weighted by atomic mass is 15.0. The monoisotopic (exact) mass is 189 g/mol. The van der Waals surface area contributed by atoms with Crippen molar-refractivity contribution in [2.45, 2.75) is 19.9 Å². The van der Waals surface area contributed by atoms with E-state index < -0.39 is 0 Å². The van der Waals surface area contributed by atoms with Gasteiger partial charge in [-0.15, -0.1) is 0 Å². The minimum atomic E-state index is 0.692. The lowest BCUT2D eigenvalue weighted by Gasteiger charge is -1.96. The molecule has 3 heteroatoms. The van der Waals surface area contributed by atoms with Crippen molar-refractivity contribution in [3.8, 4) is 0 Å². The number of fused-ring (bicyclic) bond motifs is 1. The van der Waals surface area contributed by atoms with Gasteiger partial charge in [-0.05, 0) is 37.6 Å². The number of rotatable bonds is 3. The van der Waals surface area contributed by atoms with Gasteiger partial charge in [0.15, 0.2) is 0 Å². The van der Waals surface area contributed by atoms with Crippen LogP contribution in [0.3, 0.4) is 0 Å². The number of nitrogens with zero attached hydrogens (tertiary/aromatic N) is 2. The van der Waals surface area contributed by atoms with Gasteiger partial charge < -0.3 is 10.3 Å².